The van der Waals surface area contributed by atoms with Crippen molar-refractivity contribution in [2.45, 2.75) is 37.8 Å². The molecule has 1 atom stereocenters. The zero-order chi connectivity index (χ0) is 25.5. The zero-order valence-corrected chi connectivity index (χ0v) is 21.3. The molecule has 0 aliphatic rings. The van der Waals surface area contributed by atoms with Crippen molar-refractivity contribution in [1.29, 1.82) is 0 Å². The van der Waals surface area contributed by atoms with E-state index < -0.39 is 10.0 Å². The molecule has 0 aliphatic carbocycles. The van der Waals surface area contributed by atoms with Crippen LogP contribution in [0.25, 0.3) is 0 Å². The highest BCUT2D eigenvalue weighted by molar-refractivity contribution is 7.92. The number of rotatable bonds is 9. The van der Waals surface area contributed by atoms with E-state index in [1.54, 1.807) is 66.7 Å². The smallest absolute Gasteiger partial charge is 0.264 e. The Morgan fingerprint density at radius 3 is 1.97 bits per heavy atom. The summed E-state index contributed by atoms with van der Waals surface area (Å²) in [6, 6.07) is 32.6. The van der Waals surface area contributed by atoms with Crippen molar-refractivity contribution in [3.05, 3.63) is 131 Å². The molecule has 4 rings (SSSR count). The maximum atomic E-state index is 13.5. The molecular weight excluding hydrogens is 468 g/mol. The summed E-state index contributed by atoms with van der Waals surface area (Å²) < 4.78 is 28.4. The predicted molar refractivity (Wildman–Crippen MR) is 144 cm³/mol. The third-order valence-corrected chi connectivity index (χ3v) is 7.90. The van der Waals surface area contributed by atoms with Gasteiger partial charge in [-0.05, 0) is 60.9 Å². The molecule has 0 radical (unpaired) electrons. The molecule has 4 aromatic rings. The first-order valence-electron chi connectivity index (χ1n) is 12.0. The van der Waals surface area contributed by atoms with Gasteiger partial charge in [-0.2, -0.15) is 0 Å². The zero-order valence-electron chi connectivity index (χ0n) is 20.5. The van der Waals surface area contributed by atoms with E-state index in [1.807, 2.05) is 56.3 Å². The number of hydrogen-bond acceptors (Lipinski definition) is 3. The van der Waals surface area contributed by atoms with Crippen LogP contribution in [0.15, 0.2) is 114 Å². The first kappa shape index (κ1) is 25.2. The highest BCUT2D eigenvalue weighted by Gasteiger charge is 2.25. The molecule has 5 nitrogen and oxygen atoms in total. The van der Waals surface area contributed by atoms with E-state index in [1.165, 1.54) is 9.87 Å². The standard InChI is InChI=1S/C30H30N2O3S/c1-3-29(25-18-14-23(2)15-19-25)31-30(33)26-20-16-24(17-21-26)22-32(27-10-6-4-7-11-27)36(34,35)28-12-8-5-9-13-28/h4-21,29H,3,22H2,1-2H3,(H,31,33)/t29-/m1/s1. The molecule has 0 unspecified atom stereocenters. The summed E-state index contributed by atoms with van der Waals surface area (Å²) in [6.07, 6.45) is 0.774. The number of anilines is 1. The molecular formula is C30H30N2O3S. The van der Waals surface area contributed by atoms with Gasteiger partial charge in [-0.25, -0.2) is 8.42 Å². The summed E-state index contributed by atoms with van der Waals surface area (Å²) >= 11 is 0. The molecule has 6 heteroatoms. The number of aryl methyl sites for hydroxylation is 1. The Morgan fingerprint density at radius 2 is 1.39 bits per heavy atom. The van der Waals surface area contributed by atoms with Crippen LogP contribution in [0.5, 0.6) is 0 Å². The Morgan fingerprint density at radius 1 is 0.806 bits per heavy atom. The first-order valence-corrected chi connectivity index (χ1v) is 13.4. The second kappa shape index (κ2) is 11.2. The maximum Gasteiger partial charge on any atom is 0.264 e. The van der Waals surface area contributed by atoms with Crippen molar-refractivity contribution in [2.24, 2.45) is 0 Å². The second-order valence-electron chi connectivity index (χ2n) is 8.70. The third-order valence-electron chi connectivity index (χ3n) is 6.11. The van der Waals surface area contributed by atoms with Gasteiger partial charge in [-0.3, -0.25) is 9.10 Å². The average Bonchev–Trinajstić information content (AvgIpc) is 2.92. The van der Waals surface area contributed by atoms with Crippen molar-refractivity contribution >= 4 is 21.6 Å². The van der Waals surface area contributed by atoms with E-state index in [2.05, 4.69) is 5.32 Å². The minimum absolute atomic E-state index is 0.0811. The van der Waals surface area contributed by atoms with E-state index >= 15 is 0 Å². The molecule has 0 saturated carbocycles. The normalized spacial score (nSPS) is 12.1. The second-order valence-corrected chi connectivity index (χ2v) is 10.6. The largest absolute Gasteiger partial charge is 0.345 e. The SMILES string of the molecule is CC[C@@H](NC(=O)c1ccc(CN(c2ccccc2)S(=O)(=O)c2ccccc2)cc1)c1ccc(C)cc1. The highest BCUT2D eigenvalue weighted by atomic mass is 32.2. The fraction of sp³-hybridized carbons (Fsp3) is 0.167. The molecule has 4 aromatic carbocycles. The van der Waals surface area contributed by atoms with Gasteiger partial charge >= 0.3 is 0 Å². The van der Waals surface area contributed by atoms with Crippen LogP contribution in [0.2, 0.25) is 0 Å². The van der Waals surface area contributed by atoms with Crippen LogP contribution in [0.1, 0.15) is 46.4 Å². The van der Waals surface area contributed by atoms with E-state index in [0.29, 0.717) is 11.3 Å². The van der Waals surface area contributed by atoms with Crippen LogP contribution in [0.3, 0.4) is 0 Å². The lowest BCUT2D eigenvalue weighted by Gasteiger charge is -2.25. The Kier molecular flexibility index (Phi) is 7.86. The van der Waals surface area contributed by atoms with E-state index in [9.17, 15) is 13.2 Å². The minimum Gasteiger partial charge on any atom is -0.345 e. The van der Waals surface area contributed by atoms with Crippen LogP contribution in [-0.2, 0) is 16.6 Å². The van der Waals surface area contributed by atoms with Gasteiger partial charge in [0.2, 0.25) is 0 Å². The van der Waals surface area contributed by atoms with E-state index in [4.69, 9.17) is 0 Å². The van der Waals surface area contributed by atoms with Crippen LogP contribution >= 0.6 is 0 Å². The van der Waals surface area contributed by atoms with Crippen LogP contribution in [-0.4, -0.2) is 14.3 Å². The van der Waals surface area contributed by atoms with Crippen molar-refractivity contribution in [2.75, 3.05) is 4.31 Å². The summed E-state index contributed by atoms with van der Waals surface area (Å²) in [5.41, 5.74) is 4.13. The number of carbonyl (C=O) groups excluding carboxylic acids is 1. The van der Waals surface area contributed by atoms with Gasteiger partial charge in [-0.1, -0.05) is 85.3 Å². The van der Waals surface area contributed by atoms with E-state index in [0.717, 1.165) is 17.5 Å². The minimum atomic E-state index is -3.78. The number of hydrogen-bond donors (Lipinski definition) is 1. The molecule has 1 amide bonds. The maximum absolute atomic E-state index is 13.5. The Hall–Kier alpha value is -3.90. The molecule has 0 spiro atoms. The predicted octanol–water partition coefficient (Wildman–Crippen LogP) is 6.27. The number of sulfonamides is 1. The highest BCUT2D eigenvalue weighted by Crippen LogP contribution is 2.26. The van der Waals surface area contributed by atoms with Gasteiger partial charge in [0.05, 0.1) is 23.2 Å². The lowest BCUT2D eigenvalue weighted by atomic mass is 10.0. The molecule has 0 saturated heterocycles. The fourth-order valence-electron chi connectivity index (χ4n) is 4.02. The van der Waals surface area contributed by atoms with Crippen molar-refractivity contribution < 1.29 is 13.2 Å². The summed E-state index contributed by atoms with van der Waals surface area (Å²) in [6.45, 7) is 4.22. The number of carbonyl (C=O) groups is 1. The quantitative estimate of drug-likeness (QED) is 0.296. The van der Waals surface area contributed by atoms with Gasteiger partial charge in [0.25, 0.3) is 15.9 Å². The molecule has 1 N–H and O–H groups in total. The fourth-order valence-corrected chi connectivity index (χ4v) is 5.49. The van der Waals surface area contributed by atoms with E-state index in [-0.39, 0.29) is 23.4 Å². The molecule has 36 heavy (non-hydrogen) atoms. The summed E-state index contributed by atoms with van der Waals surface area (Å²) in [4.78, 5) is 13.2. The summed E-state index contributed by atoms with van der Waals surface area (Å²) in [7, 11) is -3.78. The number of benzene rings is 4. The monoisotopic (exact) mass is 498 g/mol. The molecule has 0 bridgehead atoms. The van der Waals surface area contributed by atoms with Crippen LogP contribution in [0.4, 0.5) is 5.69 Å². The Bertz CT molecular complexity index is 1390. The summed E-state index contributed by atoms with van der Waals surface area (Å²) in [5, 5.41) is 3.11. The number of para-hydroxylation sites is 1. The Labute approximate surface area is 213 Å². The Balaban J connectivity index is 1.54. The van der Waals surface area contributed by atoms with Gasteiger partial charge in [0, 0.05) is 5.56 Å². The number of nitrogens with zero attached hydrogens (tertiary/aromatic N) is 1. The third kappa shape index (κ3) is 5.83. The van der Waals surface area contributed by atoms with Crippen LogP contribution < -0.4 is 9.62 Å². The van der Waals surface area contributed by atoms with Gasteiger partial charge in [0.1, 0.15) is 0 Å². The van der Waals surface area contributed by atoms with Gasteiger partial charge in [0.15, 0.2) is 0 Å². The van der Waals surface area contributed by atoms with Crippen molar-refractivity contribution in [3.8, 4) is 0 Å². The molecule has 184 valence electrons. The topological polar surface area (TPSA) is 66.5 Å². The van der Waals surface area contributed by atoms with Gasteiger partial charge < -0.3 is 5.32 Å². The molecule has 0 heterocycles. The van der Waals surface area contributed by atoms with Gasteiger partial charge in [-0.15, -0.1) is 0 Å². The molecule has 0 aromatic heterocycles. The van der Waals surface area contributed by atoms with Crippen LogP contribution in [0, 0.1) is 6.92 Å². The van der Waals surface area contributed by atoms with Crippen molar-refractivity contribution in [1.82, 2.24) is 5.32 Å². The molecule has 0 fully saturated rings. The first-order chi connectivity index (χ1) is 17.4. The van der Waals surface area contributed by atoms with Crippen molar-refractivity contribution in [3.63, 3.8) is 0 Å². The number of amides is 1. The molecule has 0 aliphatic heterocycles. The lowest BCUT2D eigenvalue weighted by molar-refractivity contribution is 0.0935. The number of nitrogens with one attached hydrogen (secondary N) is 1. The summed E-state index contributed by atoms with van der Waals surface area (Å²) in [5.74, 6) is -0.161. The lowest BCUT2D eigenvalue weighted by Crippen LogP contribution is -2.30. The average molecular weight is 499 g/mol.